The molecule has 0 radical (unpaired) electrons. The van der Waals surface area contributed by atoms with E-state index < -0.39 is 20.2 Å². The van der Waals surface area contributed by atoms with Gasteiger partial charge in [-0.25, -0.2) is 8.42 Å². The number of para-hydroxylation sites is 4. The van der Waals surface area contributed by atoms with Crippen molar-refractivity contribution in [1.29, 1.82) is 0 Å². The molecule has 2 N–H and O–H groups in total. The van der Waals surface area contributed by atoms with E-state index in [1.54, 1.807) is 42.5 Å². The number of ether oxygens (including phenoxy) is 2. The minimum Gasteiger partial charge on any atom is -0.870 e. The van der Waals surface area contributed by atoms with Crippen LogP contribution in [0.15, 0.2) is 94.7 Å². The number of rotatable bonds is 18. The van der Waals surface area contributed by atoms with Crippen molar-refractivity contribution in [2.24, 2.45) is 0 Å². The van der Waals surface area contributed by atoms with Crippen LogP contribution in [0.2, 0.25) is 0 Å². The molecule has 13 heteroatoms. The maximum Gasteiger partial charge on any atom is 2.00 e. The molecule has 4 aromatic rings. The van der Waals surface area contributed by atoms with E-state index in [4.69, 9.17) is 9.47 Å². The van der Waals surface area contributed by atoms with Crippen LogP contribution in [0.4, 0.5) is 0 Å². The van der Waals surface area contributed by atoms with Gasteiger partial charge in [0.15, 0.2) is 11.5 Å². The van der Waals surface area contributed by atoms with Gasteiger partial charge in [0, 0.05) is 6.07 Å². The number of aryl methyl sites for hydroxylation is 2. The molecule has 4 aromatic carbocycles. The van der Waals surface area contributed by atoms with Crippen molar-refractivity contribution in [1.82, 2.24) is 0 Å². The largest absolute Gasteiger partial charge is 2.00 e. The molecule has 0 aromatic heterocycles. The van der Waals surface area contributed by atoms with Gasteiger partial charge in [0.2, 0.25) is 0 Å². The van der Waals surface area contributed by atoms with Gasteiger partial charge in [0.05, 0.1) is 9.79 Å². The summed E-state index contributed by atoms with van der Waals surface area (Å²) >= 11 is 0. The SMILES string of the molecule is CCCCCCCc1ccc(S(=O)(=O)O)cc1Oc1ccccc1O.CCCCCCCc1ccc(S(=O)(=O)[O-])cc1Oc1ccccc1[O-].[Ca+2]. The molecule has 0 fully saturated rings. The average molecular weight is 767 g/mol. The second-order valence-electron chi connectivity index (χ2n) is 11.9. The number of aromatic hydroxyl groups is 1. The maximum absolute atomic E-state index is 11.8. The molecule has 10 nitrogen and oxygen atoms in total. The topological polar surface area (TPSA) is 173 Å². The van der Waals surface area contributed by atoms with Crippen molar-refractivity contribution in [3.05, 3.63) is 96.1 Å². The summed E-state index contributed by atoms with van der Waals surface area (Å²) in [6, 6.07) is 21.0. The standard InChI is InChI=1S/2C19H24O5S.Ca/c2*1-2-3-4-5-6-9-15-12-13-16(25(21,22)23)14-19(15)24-18-11-8-7-10-17(18)20;/h2*7-8,10-14,20H,2-6,9H2,1H3,(H,21,22,23);/q;;+2/p-2. The zero-order valence-electron chi connectivity index (χ0n) is 29.3. The number of hydrogen-bond acceptors (Lipinski definition) is 9. The summed E-state index contributed by atoms with van der Waals surface area (Å²) in [5.74, 6) is 0.584. The van der Waals surface area contributed by atoms with Crippen LogP contribution in [-0.2, 0) is 33.1 Å². The molecule has 4 rings (SSSR count). The van der Waals surface area contributed by atoms with Crippen molar-refractivity contribution in [3.8, 4) is 34.5 Å². The van der Waals surface area contributed by atoms with Crippen molar-refractivity contribution in [3.63, 3.8) is 0 Å². The zero-order valence-corrected chi connectivity index (χ0v) is 33.1. The third-order valence-corrected chi connectivity index (χ3v) is 9.60. The number of unbranched alkanes of at least 4 members (excludes halogenated alkanes) is 8. The fourth-order valence-electron chi connectivity index (χ4n) is 5.14. The molecule has 0 bridgehead atoms. The van der Waals surface area contributed by atoms with Crippen LogP contribution in [0.25, 0.3) is 0 Å². The quantitative estimate of drug-likeness (QED) is 0.0568. The molecule has 0 amide bonds. The molecule has 0 unspecified atom stereocenters. The van der Waals surface area contributed by atoms with Gasteiger partial charge in [-0.05, 0) is 73.2 Å². The summed E-state index contributed by atoms with van der Waals surface area (Å²) in [4.78, 5) is -0.590. The Kier molecular flexibility index (Phi) is 19.4. The Balaban J connectivity index is 0.000000347. The van der Waals surface area contributed by atoms with Gasteiger partial charge in [-0.2, -0.15) is 8.42 Å². The predicted molar refractivity (Wildman–Crippen MR) is 195 cm³/mol. The molecule has 0 aliphatic heterocycles. The molecule has 0 atom stereocenters. The first-order valence-electron chi connectivity index (χ1n) is 16.9. The van der Waals surface area contributed by atoms with Gasteiger partial charge in [-0.15, -0.1) is 0 Å². The molecule has 51 heavy (non-hydrogen) atoms. The summed E-state index contributed by atoms with van der Waals surface area (Å²) in [5, 5.41) is 21.7. The van der Waals surface area contributed by atoms with Gasteiger partial charge in [0.1, 0.15) is 27.4 Å². The van der Waals surface area contributed by atoms with Gasteiger partial charge in [0.25, 0.3) is 10.1 Å². The van der Waals surface area contributed by atoms with Crippen LogP contribution >= 0.6 is 0 Å². The van der Waals surface area contributed by atoms with Crippen LogP contribution in [0.5, 0.6) is 34.5 Å². The molecule has 272 valence electrons. The van der Waals surface area contributed by atoms with E-state index in [0.717, 1.165) is 62.5 Å². The second-order valence-corrected chi connectivity index (χ2v) is 14.7. The molecule has 0 aliphatic rings. The van der Waals surface area contributed by atoms with Gasteiger partial charge in [-0.1, -0.05) is 113 Å². The van der Waals surface area contributed by atoms with E-state index in [-0.39, 0.29) is 76.3 Å². The summed E-state index contributed by atoms with van der Waals surface area (Å²) in [5.41, 5.74) is 1.62. The van der Waals surface area contributed by atoms with Crippen LogP contribution in [0.1, 0.15) is 89.2 Å². The fourth-order valence-corrected chi connectivity index (χ4v) is 6.12. The second kappa shape index (κ2) is 22.3. The zero-order chi connectivity index (χ0) is 36.6. The third kappa shape index (κ3) is 15.3. The van der Waals surface area contributed by atoms with Gasteiger partial charge in [-0.3, -0.25) is 4.55 Å². The van der Waals surface area contributed by atoms with Crippen molar-refractivity contribution in [2.75, 3.05) is 0 Å². The Hall–Kier alpha value is -2.84. The van der Waals surface area contributed by atoms with E-state index >= 15 is 0 Å². The van der Waals surface area contributed by atoms with Crippen molar-refractivity contribution >= 4 is 58.0 Å². The number of phenols is 1. The summed E-state index contributed by atoms with van der Waals surface area (Å²) in [7, 11) is -8.90. The molecular weight excluding hydrogens is 721 g/mol. The summed E-state index contributed by atoms with van der Waals surface area (Å²) in [6.45, 7) is 4.31. The van der Waals surface area contributed by atoms with Crippen LogP contribution < -0.4 is 14.6 Å². The Morgan fingerprint density at radius 3 is 1.53 bits per heavy atom. The first kappa shape index (κ1) is 44.3. The maximum atomic E-state index is 11.8. The van der Waals surface area contributed by atoms with E-state index in [0.29, 0.717) is 12.2 Å². The molecule has 0 saturated carbocycles. The molecule has 0 saturated heterocycles. The molecule has 0 spiro atoms. The number of phenolic OH excluding ortho intramolecular Hbond substituents is 1. The fraction of sp³-hybridized carbons (Fsp3) is 0.368. The first-order valence-corrected chi connectivity index (χ1v) is 19.8. The van der Waals surface area contributed by atoms with E-state index in [1.807, 2.05) is 0 Å². The minimum absolute atomic E-state index is 0. The first-order chi connectivity index (χ1) is 23.8. The Labute approximate surface area is 332 Å². The summed E-state index contributed by atoms with van der Waals surface area (Å²) < 4.78 is 77.3. The third-order valence-electron chi connectivity index (χ3n) is 7.92. The smallest absolute Gasteiger partial charge is 0.870 e. The van der Waals surface area contributed by atoms with Crippen LogP contribution in [-0.4, -0.2) is 68.8 Å². The van der Waals surface area contributed by atoms with Crippen LogP contribution in [0, 0.1) is 0 Å². The van der Waals surface area contributed by atoms with Crippen molar-refractivity contribution in [2.45, 2.75) is 101 Å². The Bertz CT molecular complexity index is 1740. The monoisotopic (exact) mass is 766 g/mol. The summed E-state index contributed by atoms with van der Waals surface area (Å²) in [6.07, 6.45) is 12.5. The van der Waals surface area contributed by atoms with Crippen molar-refractivity contribution < 1.29 is 45.6 Å². The molecular formula is C38H46CaO10S2. The van der Waals surface area contributed by atoms with E-state index in [1.165, 1.54) is 61.7 Å². The Morgan fingerprint density at radius 1 is 0.588 bits per heavy atom. The normalized spacial score (nSPS) is 11.2. The molecule has 0 aliphatic carbocycles. The van der Waals surface area contributed by atoms with Crippen LogP contribution in [0.3, 0.4) is 0 Å². The predicted octanol–water partition coefficient (Wildman–Crippen LogP) is 8.53. The minimum atomic E-state index is -4.59. The average Bonchev–Trinajstić information content (AvgIpc) is 3.07. The molecule has 0 heterocycles. The number of benzene rings is 4. The van der Waals surface area contributed by atoms with E-state index in [9.17, 15) is 36.2 Å². The Morgan fingerprint density at radius 2 is 1.04 bits per heavy atom. The van der Waals surface area contributed by atoms with E-state index in [2.05, 4.69) is 13.8 Å². The van der Waals surface area contributed by atoms with Gasteiger partial charge >= 0.3 is 37.7 Å². The number of hydrogen-bond donors (Lipinski definition) is 2. The van der Waals surface area contributed by atoms with Gasteiger partial charge < -0.3 is 24.2 Å².